The highest BCUT2D eigenvalue weighted by atomic mass is 16.1. The lowest BCUT2D eigenvalue weighted by atomic mass is 10.0. The van der Waals surface area contributed by atoms with Crippen LogP contribution in [-0.2, 0) is 4.79 Å². The first kappa shape index (κ1) is 24.7. The van der Waals surface area contributed by atoms with E-state index < -0.39 is 0 Å². The van der Waals surface area contributed by atoms with E-state index in [-0.39, 0.29) is 5.91 Å². The Hall–Kier alpha value is -1.31. The van der Waals surface area contributed by atoms with Gasteiger partial charge in [-0.15, -0.1) is 0 Å². The van der Waals surface area contributed by atoms with E-state index in [9.17, 15) is 4.79 Å². The van der Waals surface area contributed by atoms with E-state index >= 15 is 0 Å². The van der Waals surface area contributed by atoms with E-state index in [4.69, 9.17) is 0 Å². The number of nitrogens with one attached hydrogen (secondary N) is 1. The minimum Gasteiger partial charge on any atom is -0.356 e. The minimum atomic E-state index is 0.0205. The Labute approximate surface area is 174 Å². The summed E-state index contributed by atoms with van der Waals surface area (Å²) in [7, 11) is 0. The molecule has 0 unspecified atom stereocenters. The first-order valence-corrected chi connectivity index (χ1v) is 12.0. The summed E-state index contributed by atoms with van der Waals surface area (Å²) in [6.45, 7) is 3.08. The molecule has 0 aromatic heterocycles. The second-order valence-electron chi connectivity index (χ2n) is 8.15. The van der Waals surface area contributed by atoms with Gasteiger partial charge in [-0.2, -0.15) is 0 Å². The van der Waals surface area contributed by atoms with Gasteiger partial charge in [0.1, 0.15) is 0 Å². The molecule has 0 aliphatic carbocycles. The number of rotatable bonds is 19. The first-order chi connectivity index (χ1) is 13.8. The maximum absolute atomic E-state index is 11.8. The van der Waals surface area contributed by atoms with Crippen molar-refractivity contribution < 1.29 is 4.79 Å². The van der Waals surface area contributed by atoms with Crippen LogP contribution in [0, 0.1) is 6.42 Å². The normalized spacial score (nSPS) is 10.9. The van der Waals surface area contributed by atoms with Crippen LogP contribution in [0.15, 0.2) is 30.3 Å². The van der Waals surface area contributed by atoms with Crippen LogP contribution in [0.3, 0.4) is 0 Å². The van der Waals surface area contributed by atoms with Crippen LogP contribution >= 0.6 is 0 Å². The predicted molar refractivity (Wildman–Crippen MR) is 122 cm³/mol. The molecule has 1 amide bonds. The average molecular weight is 387 g/mol. The summed E-state index contributed by atoms with van der Waals surface area (Å²) >= 11 is 0. The van der Waals surface area contributed by atoms with Crippen LogP contribution in [0.25, 0.3) is 0 Å². The van der Waals surface area contributed by atoms with Crippen LogP contribution in [0.2, 0.25) is 0 Å². The van der Waals surface area contributed by atoms with Crippen molar-refractivity contribution in [2.24, 2.45) is 0 Å². The Morgan fingerprint density at radius 1 is 0.679 bits per heavy atom. The molecule has 2 heteroatoms. The molecule has 0 fully saturated rings. The zero-order chi connectivity index (χ0) is 20.1. The van der Waals surface area contributed by atoms with Gasteiger partial charge in [0.2, 0.25) is 5.91 Å². The van der Waals surface area contributed by atoms with Crippen LogP contribution in [-0.4, -0.2) is 12.5 Å². The summed E-state index contributed by atoms with van der Waals surface area (Å²) in [6, 6.07) is 9.78. The summed E-state index contributed by atoms with van der Waals surface area (Å²) in [5.41, 5.74) is 0.965. The zero-order valence-electron chi connectivity index (χ0n) is 18.4. The van der Waals surface area contributed by atoms with Gasteiger partial charge in [0.15, 0.2) is 0 Å². The maximum Gasteiger partial charge on any atom is 0.228 e. The smallest absolute Gasteiger partial charge is 0.228 e. The van der Waals surface area contributed by atoms with Gasteiger partial charge >= 0.3 is 0 Å². The zero-order valence-corrected chi connectivity index (χ0v) is 18.4. The fraction of sp³-hybridized carbons (Fsp3) is 0.692. The van der Waals surface area contributed by atoms with Gasteiger partial charge in [0.25, 0.3) is 0 Å². The molecule has 0 aliphatic rings. The quantitative estimate of drug-likeness (QED) is 0.243. The first-order valence-electron chi connectivity index (χ1n) is 12.0. The molecule has 1 radical (unpaired) electrons. The molecule has 0 saturated carbocycles. The lowest BCUT2D eigenvalue weighted by Gasteiger charge is -2.05. The molecule has 1 rings (SSSR count). The second kappa shape index (κ2) is 19.0. The fourth-order valence-corrected chi connectivity index (χ4v) is 3.64. The molecule has 0 bridgehead atoms. The lowest BCUT2D eigenvalue weighted by molar-refractivity contribution is -0.117. The fourth-order valence-electron chi connectivity index (χ4n) is 3.64. The van der Waals surface area contributed by atoms with Crippen molar-refractivity contribution in [3.05, 3.63) is 42.3 Å². The second-order valence-corrected chi connectivity index (χ2v) is 8.15. The highest BCUT2D eigenvalue weighted by molar-refractivity contribution is 5.88. The third-order valence-corrected chi connectivity index (χ3v) is 5.43. The van der Waals surface area contributed by atoms with E-state index in [0.29, 0.717) is 0 Å². The monoisotopic (exact) mass is 386 g/mol. The molecule has 0 heterocycles. The molecule has 1 N–H and O–H groups in total. The Morgan fingerprint density at radius 3 is 1.57 bits per heavy atom. The van der Waals surface area contributed by atoms with Crippen molar-refractivity contribution in [1.82, 2.24) is 5.32 Å². The molecule has 28 heavy (non-hydrogen) atoms. The van der Waals surface area contributed by atoms with Gasteiger partial charge in [-0.25, -0.2) is 0 Å². The van der Waals surface area contributed by atoms with Gasteiger partial charge in [-0.1, -0.05) is 134 Å². The molecule has 0 atom stereocenters. The summed E-state index contributed by atoms with van der Waals surface area (Å²) in [6.07, 6.45) is 23.7. The predicted octanol–water partition coefficient (Wildman–Crippen LogP) is 7.62. The molecule has 1 aromatic rings. The molecule has 2 nitrogen and oxygen atoms in total. The van der Waals surface area contributed by atoms with Gasteiger partial charge in [-0.05, 0) is 12.0 Å². The van der Waals surface area contributed by atoms with Crippen molar-refractivity contribution >= 4 is 5.91 Å². The van der Waals surface area contributed by atoms with E-state index in [2.05, 4.69) is 12.2 Å². The van der Waals surface area contributed by atoms with Crippen molar-refractivity contribution in [3.8, 4) is 0 Å². The standard InChI is InChI=1S/C26H44NO/c1-2-3-4-5-6-7-8-9-10-11-12-13-14-15-16-20-23-27-26(28)24-25-21-18-17-19-22-25/h17-19,21-22,24H,2-16,20,23H2,1H3,(H,27,28). The van der Waals surface area contributed by atoms with Crippen molar-refractivity contribution in [3.63, 3.8) is 0 Å². The highest BCUT2D eigenvalue weighted by Gasteiger charge is 2.02. The van der Waals surface area contributed by atoms with Crippen LogP contribution in [0.1, 0.15) is 115 Å². The molecular weight excluding hydrogens is 342 g/mol. The summed E-state index contributed by atoms with van der Waals surface area (Å²) in [5, 5.41) is 2.99. The van der Waals surface area contributed by atoms with Crippen molar-refractivity contribution in [2.75, 3.05) is 6.54 Å². The Morgan fingerprint density at radius 2 is 1.11 bits per heavy atom. The average Bonchev–Trinajstić information content (AvgIpc) is 2.71. The van der Waals surface area contributed by atoms with Gasteiger partial charge in [0.05, 0.1) is 6.42 Å². The summed E-state index contributed by atoms with van der Waals surface area (Å²) in [5.74, 6) is 0.0205. The number of carbonyl (C=O) groups excluding carboxylic acids is 1. The summed E-state index contributed by atoms with van der Waals surface area (Å²) in [4.78, 5) is 11.8. The van der Waals surface area contributed by atoms with E-state index in [0.717, 1.165) is 18.5 Å². The Balaban J connectivity index is 1.74. The van der Waals surface area contributed by atoms with Crippen LogP contribution in [0.4, 0.5) is 0 Å². The molecule has 1 aromatic carbocycles. The maximum atomic E-state index is 11.8. The third kappa shape index (κ3) is 15.7. The SMILES string of the molecule is CCCCCCCCCCCCCCCCCCNC(=O)[CH]c1ccccc1. The van der Waals surface area contributed by atoms with Crippen molar-refractivity contribution in [1.29, 1.82) is 0 Å². The van der Waals surface area contributed by atoms with Gasteiger partial charge < -0.3 is 5.32 Å². The van der Waals surface area contributed by atoms with E-state index in [1.165, 1.54) is 96.3 Å². The number of hydrogen-bond donors (Lipinski definition) is 1. The number of carbonyl (C=O) groups is 1. The third-order valence-electron chi connectivity index (χ3n) is 5.43. The highest BCUT2D eigenvalue weighted by Crippen LogP contribution is 2.13. The van der Waals surface area contributed by atoms with E-state index in [1.807, 2.05) is 30.3 Å². The number of hydrogen-bond acceptors (Lipinski definition) is 1. The molecule has 0 spiro atoms. The number of unbranched alkanes of at least 4 members (excludes halogenated alkanes) is 15. The van der Waals surface area contributed by atoms with Gasteiger partial charge in [0, 0.05) is 6.54 Å². The number of amides is 1. The number of benzene rings is 1. The lowest BCUT2D eigenvalue weighted by Crippen LogP contribution is -2.24. The molecule has 0 saturated heterocycles. The molecular formula is C26H44NO. The minimum absolute atomic E-state index is 0.0205. The Bertz CT molecular complexity index is 457. The topological polar surface area (TPSA) is 29.1 Å². The molecule has 0 aliphatic heterocycles. The summed E-state index contributed by atoms with van der Waals surface area (Å²) < 4.78 is 0. The van der Waals surface area contributed by atoms with E-state index in [1.54, 1.807) is 6.42 Å². The molecule has 159 valence electrons. The van der Waals surface area contributed by atoms with Gasteiger partial charge in [-0.3, -0.25) is 4.79 Å². The Kier molecular flexibility index (Phi) is 16.8. The van der Waals surface area contributed by atoms with Crippen LogP contribution < -0.4 is 5.32 Å². The largest absolute Gasteiger partial charge is 0.356 e. The van der Waals surface area contributed by atoms with Crippen molar-refractivity contribution in [2.45, 2.75) is 110 Å². The van der Waals surface area contributed by atoms with Crippen LogP contribution in [0.5, 0.6) is 0 Å².